The van der Waals surface area contributed by atoms with Crippen LogP contribution >= 0.6 is 0 Å². The van der Waals surface area contributed by atoms with Crippen molar-refractivity contribution in [1.82, 2.24) is 4.90 Å². The van der Waals surface area contributed by atoms with Gasteiger partial charge in [-0.25, -0.2) is 4.39 Å². The van der Waals surface area contributed by atoms with Crippen LogP contribution in [0.3, 0.4) is 0 Å². The predicted molar refractivity (Wildman–Crippen MR) is 93.7 cm³/mol. The fourth-order valence-electron chi connectivity index (χ4n) is 2.79. The summed E-state index contributed by atoms with van der Waals surface area (Å²) in [6.45, 7) is 2.77. The molecule has 2 aromatic carbocycles. The second-order valence-corrected chi connectivity index (χ2v) is 5.81. The summed E-state index contributed by atoms with van der Waals surface area (Å²) in [5.74, 6) is 0.926. The molecule has 1 aliphatic rings. The second kappa shape index (κ2) is 7.88. The summed E-state index contributed by atoms with van der Waals surface area (Å²) in [6, 6.07) is 13.6. The minimum Gasteiger partial charge on any atom is -0.497 e. The molecule has 0 aliphatic carbocycles. The molecule has 0 saturated carbocycles. The van der Waals surface area contributed by atoms with Gasteiger partial charge in [0.25, 0.3) is 5.91 Å². The lowest BCUT2D eigenvalue weighted by molar-refractivity contribution is -0.133. The first-order valence-electron chi connectivity index (χ1n) is 8.21. The van der Waals surface area contributed by atoms with Crippen LogP contribution in [0.4, 0.5) is 10.1 Å². The Kier molecular flexibility index (Phi) is 5.38. The monoisotopic (exact) mass is 344 g/mol. The van der Waals surface area contributed by atoms with Crippen LogP contribution in [0.1, 0.15) is 0 Å². The highest BCUT2D eigenvalue weighted by Crippen LogP contribution is 2.22. The van der Waals surface area contributed by atoms with Gasteiger partial charge in [-0.05, 0) is 36.4 Å². The van der Waals surface area contributed by atoms with E-state index in [2.05, 4.69) is 4.90 Å². The molecule has 0 unspecified atom stereocenters. The van der Waals surface area contributed by atoms with E-state index in [0.717, 1.165) is 24.5 Å². The zero-order valence-corrected chi connectivity index (χ0v) is 14.2. The molecule has 6 heteroatoms. The molecule has 132 valence electrons. The summed E-state index contributed by atoms with van der Waals surface area (Å²) in [6.07, 6.45) is 0. The summed E-state index contributed by atoms with van der Waals surface area (Å²) in [5, 5.41) is 0. The average molecular weight is 344 g/mol. The number of ether oxygens (including phenoxy) is 2. The van der Waals surface area contributed by atoms with Crippen molar-refractivity contribution in [3.8, 4) is 11.5 Å². The quantitative estimate of drug-likeness (QED) is 0.836. The first kappa shape index (κ1) is 17.1. The minimum atomic E-state index is -0.327. The van der Waals surface area contributed by atoms with Gasteiger partial charge in [-0.3, -0.25) is 4.79 Å². The van der Waals surface area contributed by atoms with Crippen LogP contribution in [-0.2, 0) is 4.79 Å². The van der Waals surface area contributed by atoms with Crippen LogP contribution in [0.5, 0.6) is 11.5 Å². The number of anilines is 1. The molecular weight excluding hydrogens is 323 g/mol. The van der Waals surface area contributed by atoms with Crippen LogP contribution < -0.4 is 14.4 Å². The van der Waals surface area contributed by atoms with E-state index in [0.29, 0.717) is 18.8 Å². The predicted octanol–water partition coefficient (Wildman–Crippen LogP) is 2.56. The molecule has 1 heterocycles. The lowest BCUT2D eigenvalue weighted by Crippen LogP contribution is -2.50. The summed E-state index contributed by atoms with van der Waals surface area (Å²) < 4.78 is 23.5. The number of carbonyl (C=O) groups excluding carboxylic acids is 1. The van der Waals surface area contributed by atoms with Gasteiger partial charge in [0.1, 0.15) is 17.3 Å². The number of amides is 1. The lowest BCUT2D eigenvalue weighted by atomic mass is 10.2. The number of nitrogens with zero attached hydrogens (tertiary/aromatic N) is 2. The van der Waals surface area contributed by atoms with Crippen molar-refractivity contribution in [3.05, 3.63) is 54.3 Å². The van der Waals surface area contributed by atoms with Crippen LogP contribution in [0.2, 0.25) is 0 Å². The Morgan fingerprint density at radius 1 is 1.04 bits per heavy atom. The fraction of sp³-hybridized carbons (Fsp3) is 0.316. The molecule has 1 amide bonds. The topological polar surface area (TPSA) is 42.0 Å². The Hall–Kier alpha value is -2.76. The molecule has 3 rings (SSSR count). The highest BCUT2D eigenvalue weighted by atomic mass is 19.1. The van der Waals surface area contributed by atoms with E-state index in [-0.39, 0.29) is 18.3 Å². The number of hydrogen-bond acceptors (Lipinski definition) is 4. The Balaban J connectivity index is 1.49. The third kappa shape index (κ3) is 4.41. The summed E-state index contributed by atoms with van der Waals surface area (Å²) in [4.78, 5) is 16.3. The zero-order chi connectivity index (χ0) is 17.6. The zero-order valence-electron chi connectivity index (χ0n) is 14.2. The van der Waals surface area contributed by atoms with Crippen molar-refractivity contribution in [3.63, 3.8) is 0 Å². The largest absolute Gasteiger partial charge is 0.497 e. The van der Waals surface area contributed by atoms with Crippen molar-refractivity contribution < 1.29 is 18.7 Å². The van der Waals surface area contributed by atoms with E-state index in [1.807, 2.05) is 24.3 Å². The van der Waals surface area contributed by atoms with Gasteiger partial charge in [-0.1, -0.05) is 6.07 Å². The Morgan fingerprint density at radius 3 is 2.44 bits per heavy atom. The van der Waals surface area contributed by atoms with Gasteiger partial charge in [0.05, 0.1) is 7.11 Å². The van der Waals surface area contributed by atoms with E-state index in [9.17, 15) is 9.18 Å². The maximum Gasteiger partial charge on any atom is 0.260 e. The van der Waals surface area contributed by atoms with E-state index in [1.165, 1.54) is 24.3 Å². The number of halogens is 1. The van der Waals surface area contributed by atoms with Crippen molar-refractivity contribution in [2.75, 3.05) is 44.8 Å². The fourth-order valence-corrected chi connectivity index (χ4v) is 2.79. The number of piperazine rings is 1. The van der Waals surface area contributed by atoms with Crippen molar-refractivity contribution >= 4 is 11.6 Å². The van der Waals surface area contributed by atoms with Crippen molar-refractivity contribution in [2.45, 2.75) is 0 Å². The van der Waals surface area contributed by atoms with Gasteiger partial charge in [-0.2, -0.15) is 0 Å². The molecule has 0 atom stereocenters. The minimum absolute atomic E-state index is 0.0369. The Bertz CT molecular complexity index is 713. The van der Waals surface area contributed by atoms with Gasteiger partial charge < -0.3 is 19.3 Å². The van der Waals surface area contributed by atoms with Gasteiger partial charge in [0, 0.05) is 37.9 Å². The molecule has 0 bridgehead atoms. The molecule has 25 heavy (non-hydrogen) atoms. The normalized spacial score (nSPS) is 14.3. The third-order valence-corrected chi connectivity index (χ3v) is 4.23. The number of rotatable bonds is 5. The highest BCUT2D eigenvalue weighted by molar-refractivity contribution is 5.78. The number of hydrogen-bond donors (Lipinski definition) is 0. The highest BCUT2D eigenvalue weighted by Gasteiger charge is 2.21. The first-order chi connectivity index (χ1) is 12.2. The number of methoxy groups -OCH3 is 1. The molecular formula is C19H21FN2O3. The average Bonchev–Trinajstić information content (AvgIpc) is 2.67. The third-order valence-electron chi connectivity index (χ3n) is 4.23. The van der Waals surface area contributed by atoms with E-state index < -0.39 is 0 Å². The van der Waals surface area contributed by atoms with Gasteiger partial charge >= 0.3 is 0 Å². The Morgan fingerprint density at radius 2 is 1.76 bits per heavy atom. The maximum atomic E-state index is 12.9. The first-order valence-corrected chi connectivity index (χ1v) is 8.21. The van der Waals surface area contributed by atoms with Crippen molar-refractivity contribution in [1.29, 1.82) is 0 Å². The number of benzene rings is 2. The molecule has 2 aromatic rings. The van der Waals surface area contributed by atoms with Gasteiger partial charge in [0.2, 0.25) is 0 Å². The molecule has 0 radical (unpaired) electrons. The van der Waals surface area contributed by atoms with Crippen molar-refractivity contribution in [2.24, 2.45) is 0 Å². The van der Waals surface area contributed by atoms with E-state index in [1.54, 1.807) is 12.0 Å². The van der Waals surface area contributed by atoms with Crippen LogP contribution in [0, 0.1) is 5.82 Å². The number of carbonyl (C=O) groups is 1. The van der Waals surface area contributed by atoms with Crippen LogP contribution in [-0.4, -0.2) is 50.7 Å². The SMILES string of the molecule is COc1cccc(N2CCN(C(=O)COc3ccc(F)cc3)CC2)c1. The van der Waals surface area contributed by atoms with E-state index >= 15 is 0 Å². The summed E-state index contributed by atoms with van der Waals surface area (Å²) >= 11 is 0. The summed E-state index contributed by atoms with van der Waals surface area (Å²) in [7, 11) is 1.65. The summed E-state index contributed by atoms with van der Waals surface area (Å²) in [5.41, 5.74) is 1.09. The van der Waals surface area contributed by atoms with Crippen LogP contribution in [0.15, 0.2) is 48.5 Å². The maximum absolute atomic E-state index is 12.9. The molecule has 0 aromatic heterocycles. The standard InChI is InChI=1S/C19H21FN2O3/c1-24-18-4-2-3-16(13-18)21-9-11-22(12-10-21)19(23)14-25-17-7-5-15(20)6-8-17/h2-8,13H,9-12,14H2,1H3. The van der Waals surface area contributed by atoms with E-state index in [4.69, 9.17) is 9.47 Å². The molecule has 5 nitrogen and oxygen atoms in total. The Labute approximate surface area is 146 Å². The molecule has 0 spiro atoms. The second-order valence-electron chi connectivity index (χ2n) is 5.81. The molecule has 1 saturated heterocycles. The molecule has 0 N–H and O–H groups in total. The van der Waals surface area contributed by atoms with Crippen LogP contribution in [0.25, 0.3) is 0 Å². The molecule has 1 aliphatic heterocycles. The van der Waals surface area contributed by atoms with Gasteiger partial charge in [-0.15, -0.1) is 0 Å². The smallest absolute Gasteiger partial charge is 0.260 e. The lowest BCUT2D eigenvalue weighted by Gasteiger charge is -2.36. The molecule has 1 fully saturated rings. The van der Waals surface area contributed by atoms with Gasteiger partial charge in [0.15, 0.2) is 6.61 Å².